The zero-order valence-electron chi connectivity index (χ0n) is 21.9. The smallest absolute Gasteiger partial charge is 0.132 e. The minimum atomic E-state index is -0.612. The Kier molecular flexibility index (Phi) is 13.2. The third-order valence-electron chi connectivity index (χ3n) is 5.65. The highest BCUT2D eigenvalue weighted by Gasteiger charge is 2.21. The number of quaternary nitrogens is 3. The Morgan fingerprint density at radius 3 is 0.676 bits per heavy atom. The van der Waals surface area contributed by atoms with Gasteiger partial charge in [-0.2, -0.15) is 0 Å². The third kappa shape index (κ3) is 8.63. The molecule has 7 heteroatoms. The molecular weight excluding hydrogens is 778 g/mol. The lowest BCUT2D eigenvalue weighted by Gasteiger charge is -2.27. The minimum Gasteiger partial charge on any atom is -1.00 e. The van der Waals surface area contributed by atoms with Crippen LogP contribution in [0.3, 0.4) is 0 Å². The predicted molar refractivity (Wildman–Crippen MR) is 144 cm³/mol. The van der Waals surface area contributed by atoms with Crippen molar-refractivity contribution >= 4 is 40.9 Å². The number of benzene rings is 3. The topological polar surface area (TPSA) is 0 Å². The molecule has 34 heavy (non-hydrogen) atoms. The maximum Gasteiger partial charge on any atom is 0.132 e. The van der Waals surface area contributed by atoms with Gasteiger partial charge in [-0.3, -0.25) is 13.4 Å². The fourth-order valence-corrected chi connectivity index (χ4v) is 5.83. The third-order valence-corrected chi connectivity index (χ3v) is 8.09. The van der Waals surface area contributed by atoms with Crippen LogP contribution in [-0.4, -0.2) is 63.4 Å². The minimum absolute atomic E-state index is 0. The van der Waals surface area contributed by atoms with E-state index in [1.807, 2.05) is 0 Å². The van der Waals surface area contributed by atoms with Crippen molar-refractivity contribution in [2.75, 3.05) is 63.4 Å². The van der Waals surface area contributed by atoms with Crippen molar-refractivity contribution < 1.29 is 71.9 Å². The molecule has 0 aliphatic carbocycles. The molecule has 0 bridgehead atoms. The fourth-order valence-electron chi connectivity index (χ4n) is 3.59. The van der Waals surface area contributed by atoms with Crippen LogP contribution in [0.5, 0.6) is 0 Å². The summed E-state index contributed by atoms with van der Waals surface area (Å²) in [5, 5.41) is 4.18. The average molecular weight is 817 g/mol. The summed E-state index contributed by atoms with van der Waals surface area (Å²) in [7, 11) is 19.3. The van der Waals surface area contributed by atoms with E-state index in [0.29, 0.717) is 0 Å². The van der Waals surface area contributed by atoms with E-state index in [9.17, 15) is 0 Å². The Morgan fingerprint density at radius 2 is 0.529 bits per heavy atom. The molecule has 0 aliphatic rings. The quantitative estimate of drug-likeness (QED) is 0.133. The van der Waals surface area contributed by atoms with Crippen LogP contribution < -0.4 is 101 Å². The average Bonchev–Trinajstić information content (AvgIpc) is 2.67. The molecule has 0 atom stereocenters. The lowest BCUT2D eigenvalue weighted by Crippen LogP contribution is -3.00. The van der Waals surface area contributed by atoms with Crippen molar-refractivity contribution in [3.63, 3.8) is 0 Å². The summed E-state index contributed by atoms with van der Waals surface area (Å²) in [6.45, 7) is 0. The second-order valence-electron chi connectivity index (χ2n) is 10.9. The molecule has 3 nitrogen and oxygen atoms in total. The van der Waals surface area contributed by atoms with Gasteiger partial charge in [0.05, 0.1) is 63.4 Å². The Hall–Kier alpha value is 0.160. The second kappa shape index (κ2) is 13.1. The van der Waals surface area contributed by atoms with Crippen molar-refractivity contribution in [3.05, 3.63) is 72.8 Å². The normalized spacial score (nSPS) is 11.8. The van der Waals surface area contributed by atoms with E-state index in [0.717, 1.165) is 13.4 Å². The van der Waals surface area contributed by atoms with Crippen molar-refractivity contribution in [2.45, 2.75) is 0 Å². The summed E-state index contributed by atoms with van der Waals surface area (Å²) in [4.78, 5) is 0. The molecule has 0 fully saturated rings. The summed E-state index contributed by atoms with van der Waals surface area (Å²) in [6.07, 6.45) is 0. The maximum atomic E-state index is 2.33. The summed E-state index contributed by atoms with van der Waals surface area (Å²) in [6, 6.07) is 27.7. The predicted octanol–water partition coefficient (Wildman–Crippen LogP) is -4.95. The van der Waals surface area contributed by atoms with Gasteiger partial charge < -0.3 is 71.9 Å². The molecule has 0 N–H and O–H groups in total. The van der Waals surface area contributed by atoms with Gasteiger partial charge in [0.1, 0.15) is 17.1 Å². The molecule has 3 aromatic rings. The van der Waals surface area contributed by atoms with Crippen LogP contribution in [0.25, 0.3) is 0 Å². The number of hydrogen-bond acceptors (Lipinski definition) is 0. The molecule has 0 aromatic heterocycles. The first kappa shape index (κ1) is 34.2. The molecule has 188 valence electrons. The number of rotatable bonds is 6. The second-order valence-corrected chi connectivity index (χ2v) is 13.1. The maximum absolute atomic E-state index is 2.33. The molecule has 0 amide bonds. The van der Waals surface area contributed by atoms with Gasteiger partial charge in [0.2, 0.25) is 0 Å². The molecule has 0 saturated carbocycles. The molecule has 0 heterocycles. The Balaban J connectivity index is 0.00000363. The highest BCUT2D eigenvalue weighted by molar-refractivity contribution is 7.79. The van der Waals surface area contributed by atoms with Gasteiger partial charge in [-0.15, -0.1) is 0 Å². The molecule has 0 aliphatic heterocycles. The highest BCUT2D eigenvalue weighted by atomic mass is 127. The van der Waals surface area contributed by atoms with Gasteiger partial charge in [0, 0.05) is 0 Å². The number of hydrogen-bond donors (Lipinski definition) is 0. The first-order chi connectivity index (χ1) is 14.3. The van der Waals surface area contributed by atoms with Gasteiger partial charge in [-0.05, 0) is 96.6 Å². The van der Waals surface area contributed by atoms with Crippen LogP contribution in [0.2, 0.25) is 0 Å². The van der Waals surface area contributed by atoms with E-state index in [4.69, 9.17) is 0 Å². The van der Waals surface area contributed by atoms with Gasteiger partial charge in [0.25, 0.3) is 0 Å². The van der Waals surface area contributed by atoms with Crippen LogP contribution in [0.15, 0.2) is 72.8 Å². The van der Waals surface area contributed by atoms with E-state index in [1.54, 1.807) is 0 Å². The number of halogens is 3. The first-order valence-corrected chi connectivity index (χ1v) is 12.2. The summed E-state index contributed by atoms with van der Waals surface area (Å²) in [5.41, 5.74) is 3.96. The Labute approximate surface area is 260 Å². The largest absolute Gasteiger partial charge is 1.00 e. The van der Waals surface area contributed by atoms with Crippen molar-refractivity contribution in [1.29, 1.82) is 0 Å². The van der Waals surface area contributed by atoms with E-state index in [1.165, 1.54) is 33.0 Å². The molecule has 0 spiro atoms. The zero-order valence-corrected chi connectivity index (χ0v) is 29.2. The van der Waals surface area contributed by atoms with Crippen LogP contribution in [0.4, 0.5) is 17.1 Å². The molecule has 0 unspecified atom stereocenters. The molecule has 3 aromatic carbocycles. The van der Waals surface area contributed by atoms with Crippen LogP contribution >= 0.6 is 7.92 Å². The highest BCUT2D eigenvalue weighted by Crippen LogP contribution is 2.35. The first-order valence-electron chi connectivity index (χ1n) is 10.8. The fraction of sp³-hybridized carbons (Fsp3) is 0.333. The van der Waals surface area contributed by atoms with E-state index in [-0.39, 0.29) is 71.9 Å². The van der Waals surface area contributed by atoms with Gasteiger partial charge >= 0.3 is 0 Å². The van der Waals surface area contributed by atoms with Gasteiger partial charge in [-0.25, -0.2) is 0 Å². The summed E-state index contributed by atoms with van der Waals surface area (Å²) < 4.78 is 2.48. The van der Waals surface area contributed by atoms with Crippen LogP contribution in [-0.2, 0) is 0 Å². The Morgan fingerprint density at radius 1 is 0.353 bits per heavy atom. The van der Waals surface area contributed by atoms with Gasteiger partial charge in [-0.1, -0.05) is 0 Å². The standard InChI is InChI=1S/C27H39N3P.3HI/c1-28(2,3)22-10-16-25(17-11-22)31(26-18-12-23(13-19-26)29(4,5)6)27-20-14-24(15-21-27)30(7,8)9;;;/h10-21H,1-9H3;3*1H/q+3;;;/p-3. The SMILES string of the molecule is C[N+](C)(C)c1ccc(P(c2ccc([N+](C)(C)C)cc2)c2ccc([N+](C)(C)C)cc2)cc1.[I-].[I-].[I-]. The summed E-state index contributed by atoms with van der Waals surface area (Å²) >= 11 is 0. The van der Waals surface area contributed by atoms with Crippen molar-refractivity contribution in [1.82, 2.24) is 13.4 Å². The monoisotopic (exact) mass is 817 g/mol. The van der Waals surface area contributed by atoms with Crippen molar-refractivity contribution in [3.8, 4) is 0 Å². The van der Waals surface area contributed by atoms with Crippen LogP contribution in [0, 0.1) is 0 Å². The lowest BCUT2D eigenvalue weighted by atomic mass is 10.3. The van der Waals surface area contributed by atoms with Gasteiger partial charge in [0.15, 0.2) is 0 Å². The molecule has 0 saturated heterocycles. The number of nitrogens with zero attached hydrogens (tertiary/aromatic N) is 3. The van der Waals surface area contributed by atoms with Crippen LogP contribution in [0.1, 0.15) is 0 Å². The molecule has 3 rings (SSSR count). The van der Waals surface area contributed by atoms with Crippen molar-refractivity contribution in [2.24, 2.45) is 0 Å². The Bertz CT molecular complexity index is 879. The molecule has 0 radical (unpaired) electrons. The lowest BCUT2D eigenvalue weighted by molar-refractivity contribution is -0.00100. The van der Waals surface area contributed by atoms with E-state index in [2.05, 4.69) is 136 Å². The van der Waals surface area contributed by atoms with E-state index >= 15 is 0 Å². The van der Waals surface area contributed by atoms with E-state index < -0.39 is 7.92 Å². The zero-order chi connectivity index (χ0) is 23.0. The summed E-state index contributed by atoms with van der Waals surface area (Å²) in [5.74, 6) is 0. The molecular formula is C27H39I3N3P.